The third-order valence-electron chi connectivity index (χ3n) is 16.9. The van der Waals surface area contributed by atoms with Crippen LogP contribution in [0.3, 0.4) is 0 Å². The molecule has 14 aromatic carbocycles. The molecule has 3 heteroatoms. The van der Waals surface area contributed by atoms with Crippen molar-refractivity contribution in [2.24, 2.45) is 0 Å². The van der Waals surface area contributed by atoms with Crippen LogP contribution in [0.15, 0.2) is 279 Å². The number of hydrogen-bond donors (Lipinski definition) is 0. The maximum atomic E-state index is 2.53. The molecular formula is C76H46N2Se. The zero-order valence-electron chi connectivity index (χ0n) is 42.9. The fourth-order valence-corrected chi connectivity index (χ4v) is 15.8. The monoisotopic (exact) mass is 1070 g/mol. The van der Waals surface area contributed by atoms with Gasteiger partial charge >= 0.3 is 381 Å². The Bertz CT molecular complexity index is 5250. The number of hydrogen-bond acceptors (Lipinski definition) is 0. The Morgan fingerprint density at radius 1 is 0.190 bits per heavy atom. The molecular weight excluding hydrogens is 1020 g/mol. The predicted octanol–water partition coefficient (Wildman–Crippen LogP) is 20.5. The second kappa shape index (κ2) is 17.4. The van der Waals surface area contributed by atoms with Crippen LogP contribution in [0.2, 0.25) is 0 Å². The molecule has 0 saturated carbocycles. The van der Waals surface area contributed by atoms with Crippen molar-refractivity contribution in [1.29, 1.82) is 0 Å². The Hall–Kier alpha value is -9.76. The third-order valence-corrected chi connectivity index (χ3v) is 19.2. The van der Waals surface area contributed by atoms with Crippen LogP contribution >= 0.6 is 0 Å². The molecule has 0 aliphatic heterocycles. The summed E-state index contributed by atoms with van der Waals surface area (Å²) in [5.41, 5.74) is 17.2. The van der Waals surface area contributed by atoms with Gasteiger partial charge in [-0.05, 0) is 16.7 Å². The van der Waals surface area contributed by atoms with Gasteiger partial charge in [0.2, 0.25) is 0 Å². The Morgan fingerprint density at radius 2 is 0.532 bits per heavy atom. The van der Waals surface area contributed by atoms with Crippen LogP contribution < -0.4 is 0 Å². The molecule has 3 aromatic heterocycles. The second-order valence-electron chi connectivity index (χ2n) is 21.1. The van der Waals surface area contributed by atoms with Gasteiger partial charge in [-0.2, -0.15) is 0 Å². The molecule has 0 radical (unpaired) electrons. The minimum atomic E-state index is 0.136. The number of fused-ring (bicyclic) bond motifs is 13. The summed E-state index contributed by atoms with van der Waals surface area (Å²) < 4.78 is 7.91. The normalized spacial score (nSPS) is 12.1. The van der Waals surface area contributed by atoms with Gasteiger partial charge in [-0.25, -0.2) is 0 Å². The van der Waals surface area contributed by atoms with E-state index in [0.717, 1.165) is 0 Å². The van der Waals surface area contributed by atoms with Crippen molar-refractivity contribution in [3.63, 3.8) is 0 Å². The van der Waals surface area contributed by atoms with E-state index in [2.05, 4.69) is 288 Å². The van der Waals surface area contributed by atoms with Crippen LogP contribution in [0, 0.1) is 0 Å². The van der Waals surface area contributed by atoms with Gasteiger partial charge in [0.15, 0.2) is 0 Å². The second-order valence-corrected chi connectivity index (χ2v) is 23.3. The number of para-hydroxylation sites is 2. The molecule has 0 unspecified atom stereocenters. The third kappa shape index (κ3) is 6.65. The van der Waals surface area contributed by atoms with Crippen LogP contribution in [-0.4, -0.2) is 23.6 Å². The van der Waals surface area contributed by atoms with E-state index in [4.69, 9.17) is 0 Å². The van der Waals surface area contributed by atoms with Crippen molar-refractivity contribution in [1.82, 2.24) is 9.13 Å². The molecule has 0 amide bonds. The van der Waals surface area contributed by atoms with Crippen molar-refractivity contribution in [3.05, 3.63) is 279 Å². The van der Waals surface area contributed by atoms with Crippen LogP contribution in [-0.2, 0) is 0 Å². The van der Waals surface area contributed by atoms with E-state index in [-0.39, 0.29) is 14.5 Å². The van der Waals surface area contributed by atoms with E-state index in [1.807, 2.05) is 0 Å². The molecule has 366 valence electrons. The predicted molar refractivity (Wildman–Crippen MR) is 339 cm³/mol. The first kappa shape index (κ1) is 44.4. The van der Waals surface area contributed by atoms with Crippen molar-refractivity contribution < 1.29 is 0 Å². The molecule has 2 nitrogen and oxygen atoms in total. The molecule has 0 bridgehead atoms. The van der Waals surface area contributed by atoms with Gasteiger partial charge in [-0.3, -0.25) is 0 Å². The number of nitrogens with zero attached hydrogens (tertiary/aromatic N) is 2. The van der Waals surface area contributed by atoms with Crippen molar-refractivity contribution >= 4 is 120 Å². The zero-order valence-corrected chi connectivity index (χ0v) is 44.6. The Morgan fingerprint density at radius 3 is 0.987 bits per heavy atom. The molecule has 0 aliphatic carbocycles. The molecule has 0 spiro atoms. The van der Waals surface area contributed by atoms with Crippen LogP contribution in [0.1, 0.15) is 0 Å². The van der Waals surface area contributed by atoms with E-state index >= 15 is 0 Å². The number of rotatable bonds is 6. The summed E-state index contributed by atoms with van der Waals surface area (Å²) in [5, 5.41) is 17.7. The van der Waals surface area contributed by atoms with E-state index in [1.54, 1.807) is 0 Å². The smallest absolute Gasteiger partial charge is 0.0544 e. The van der Waals surface area contributed by atoms with E-state index in [1.165, 1.54) is 162 Å². The molecule has 3 heterocycles. The number of benzene rings is 14. The average Bonchev–Trinajstić information content (AvgIpc) is 4.29. The fraction of sp³-hybridized carbons (Fsp3) is 0. The molecule has 0 atom stereocenters. The van der Waals surface area contributed by atoms with Gasteiger partial charge in [0, 0.05) is 0 Å². The largest absolute Gasteiger partial charge is 0.0617 e. The minimum Gasteiger partial charge on any atom is -0.0617 e. The van der Waals surface area contributed by atoms with Gasteiger partial charge in [0.25, 0.3) is 0 Å². The average molecular weight is 1070 g/mol. The van der Waals surface area contributed by atoms with Gasteiger partial charge in [0.1, 0.15) is 0 Å². The van der Waals surface area contributed by atoms with Crippen LogP contribution in [0.5, 0.6) is 0 Å². The molecule has 0 N–H and O–H groups in total. The van der Waals surface area contributed by atoms with E-state index in [0.29, 0.717) is 0 Å². The summed E-state index contributed by atoms with van der Waals surface area (Å²) in [6, 6.07) is 104. The summed E-state index contributed by atoms with van der Waals surface area (Å²) in [6.45, 7) is 0. The molecule has 0 aliphatic rings. The maximum Gasteiger partial charge on any atom is -0.0544 e. The minimum absolute atomic E-state index is 0.136. The van der Waals surface area contributed by atoms with Gasteiger partial charge in [-0.15, -0.1) is 0 Å². The molecule has 17 aromatic rings. The summed E-state index contributed by atoms with van der Waals surface area (Å²) >= 11 is 0.136. The zero-order chi connectivity index (χ0) is 51.7. The summed E-state index contributed by atoms with van der Waals surface area (Å²) in [6.07, 6.45) is 0. The maximum absolute atomic E-state index is 2.53. The molecule has 0 fully saturated rings. The quantitative estimate of drug-likeness (QED) is 0.116. The van der Waals surface area contributed by atoms with Crippen molar-refractivity contribution in [3.8, 4) is 55.9 Å². The Balaban J connectivity index is 0.833. The fourth-order valence-electron chi connectivity index (χ4n) is 13.5. The Kier molecular flexibility index (Phi) is 9.76. The summed E-state index contributed by atoms with van der Waals surface area (Å²) in [7, 11) is 0. The van der Waals surface area contributed by atoms with Crippen LogP contribution in [0.4, 0.5) is 0 Å². The molecule has 79 heavy (non-hydrogen) atoms. The van der Waals surface area contributed by atoms with Crippen LogP contribution in [0.25, 0.3) is 162 Å². The molecule has 0 saturated heterocycles. The van der Waals surface area contributed by atoms with E-state index < -0.39 is 0 Å². The van der Waals surface area contributed by atoms with Gasteiger partial charge in [0.05, 0.1) is 0 Å². The topological polar surface area (TPSA) is 9.86 Å². The number of aromatic nitrogens is 2. The first-order valence-corrected chi connectivity index (χ1v) is 29.0. The first-order valence-electron chi connectivity index (χ1n) is 27.2. The SMILES string of the molecule is c1ccc(-c2ccc3c(c2)c2ccccc2n3-c2c3ccccc3c(-c3ccc4c(c3)[se]c3ccc(-c5c6ccccc6c(-n6c7ccccc7c7cc(-c8ccccc8)ccc76)c6ccccc56)cc34)c3ccccc23)cc1. The van der Waals surface area contributed by atoms with Gasteiger partial charge in [-0.1, -0.05) is 66.7 Å². The van der Waals surface area contributed by atoms with Gasteiger partial charge < -0.3 is 0 Å². The van der Waals surface area contributed by atoms with E-state index in [9.17, 15) is 0 Å². The van der Waals surface area contributed by atoms with Crippen molar-refractivity contribution in [2.45, 2.75) is 0 Å². The first-order chi connectivity index (χ1) is 39.2. The molecule has 17 rings (SSSR count). The van der Waals surface area contributed by atoms with Crippen molar-refractivity contribution in [2.75, 3.05) is 0 Å². The summed E-state index contributed by atoms with van der Waals surface area (Å²) in [5.74, 6) is 0. The Labute approximate surface area is 461 Å². The standard InChI is InChI=1S/C76H46N2Se/c1-3-19-47(20-4-1)49-36-40-69-64(43-49)53-23-15-17-33-67(53)77(69)75-60-29-11-7-25-56(60)73(57-26-8-12-30-61(57)75)51-38-42-71-66(45-51)55-39-35-52(46-72(55)79-71)74-58-27-9-13-31-62(58)76(63-32-14-10-28-59(63)74)78-68-34-18-16-24-54(68)65-44-50(37-41-70(65)78)48-21-5-2-6-22-48/h1-46H. The summed E-state index contributed by atoms with van der Waals surface area (Å²) in [4.78, 5) is 0.